The summed E-state index contributed by atoms with van der Waals surface area (Å²) in [7, 11) is 0. The van der Waals surface area contributed by atoms with Crippen molar-refractivity contribution in [2.24, 2.45) is 5.92 Å². The van der Waals surface area contributed by atoms with Crippen molar-refractivity contribution < 1.29 is 18.7 Å². The van der Waals surface area contributed by atoms with E-state index in [4.69, 9.17) is 0 Å². The van der Waals surface area contributed by atoms with Gasteiger partial charge in [0.15, 0.2) is 5.01 Å². The zero-order valence-corrected chi connectivity index (χ0v) is 13.7. The molecule has 1 aliphatic rings. The number of aromatic nitrogens is 1. The van der Waals surface area contributed by atoms with Crippen molar-refractivity contribution in [2.45, 2.75) is 38.2 Å². The number of aliphatic hydroxyl groups excluding tert-OH is 1. The summed E-state index contributed by atoms with van der Waals surface area (Å²) in [5.41, 5.74) is 1.38. The molecule has 0 aliphatic heterocycles. The van der Waals surface area contributed by atoms with Gasteiger partial charge in [-0.25, -0.2) is 13.8 Å². The predicted octanol–water partition coefficient (Wildman–Crippen LogP) is 4.24. The average Bonchev–Trinajstić information content (AvgIpc) is 3.06. The lowest BCUT2D eigenvalue weighted by atomic mass is 9.87. The number of thiazole rings is 1. The Kier molecular flexibility index (Phi) is 5.20. The van der Waals surface area contributed by atoms with Gasteiger partial charge in [-0.3, -0.25) is 4.79 Å². The number of carbonyl (C=O) groups is 1. The van der Waals surface area contributed by atoms with E-state index in [1.54, 1.807) is 24.3 Å². The first kappa shape index (κ1) is 17.0. The molecule has 1 saturated carbocycles. The second-order valence-electron chi connectivity index (χ2n) is 5.94. The molecule has 24 heavy (non-hydrogen) atoms. The molecule has 0 radical (unpaired) electrons. The van der Waals surface area contributed by atoms with Gasteiger partial charge in [-0.2, -0.15) is 0 Å². The van der Waals surface area contributed by atoms with Crippen molar-refractivity contribution >= 4 is 22.9 Å². The minimum atomic E-state index is -2.58. The summed E-state index contributed by atoms with van der Waals surface area (Å²) in [5.74, 6) is -0.150. The van der Waals surface area contributed by atoms with E-state index in [9.17, 15) is 18.7 Å². The second kappa shape index (κ2) is 7.36. The Balaban J connectivity index is 1.69. The summed E-state index contributed by atoms with van der Waals surface area (Å²) in [6.07, 6.45) is 1.21. The number of rotatable bonds is 4. The van der Waals surface area contributed by atoms with E-state index in [1.165, 1.54) is 6.20 Å². The lowest BCUT2D eigenvalue weighted by Gasteiger charge is -2.24. The Hall–Kier alpha value is -1.86. The molecule has 4 nitrogen and oxygen atoms in total. The number of halogens is 2. The molecule has 0 unspecified atom stereocenters. The van der Waals surface area contributed by atoms with Crippen LogP contribution < -0.4 is 5.32 Å². The van der Waals surface area contributed by atoms with Gasteiger partial charge in [0.05, 0.1) is 11.0 Å². The summed E-state index contributed by atoms with van der Waals surface area (Å²) >= 11 is 0.948. The molecule has 7 heteroatoms. The smallest absolute Gasteiger partial charge is 0.289 e. The monoisotopic (exact) mass is 352 g/mol. The van der Waals surface area contributed by atoms with E-state index in [0.29, 0.717) is 36.2 Å². The molecule has 1 amide bonds. The van der Waals surface area contributed by atoms with Crippen molar-refractivity contribution in [3.8, 4) is 10.4 Å². The number of nitrogens with one attached hydrogen (secondary N) is 1. The summed E-state index contributed by atoms with van der Waals surface area (Å²) in [6.45, 7) is 0. The molecule has 0 saturated heterocycles. The predicted molar refractivity (Wildman–Crippen MR) is 89.1 cm³/mol. The number of nitrogens with zero attached hydrogens (tertiary/aromatic N) is 1. The van der Waals surface area contributed by atoms with Crippen LogP contribution in [0, 0.1) is 5.92 Å². The third kappa shape index (κ3) is 3.96. The van der Waals surface area contributed by atoms with Gasteiger partial charge in [-0.05, 0) is 43.4 Å². The molecular formula is C17H18F2N2O2S. The fourth-order valence-electron chi connectivity index (χ4n) is 2.85. The number of anilines is 1. The Labute approximate surface area is 142 Å². The van der Waals surface area contributed by atoms with Crippen LogP contribution in [0.1, 0.15) is 37.1 Å². The number of carbonyl (C=O) groups excluding carboxylic acids is 1. The number of benzene rings is 1. The van der Waals surface area contributed by atoms with Crippen molar-refractivity contribution in [3.63, 3.8) is 0 Å². The zero-order valence-electron chi connectivity index (χ0n) is 12.9. The average molecular weight is 352 g/mol. The molecule has 3 rings (SSSR count). The first-order valence-electron chi connectivity index (χ1n) is 7.86. The largest absolute Gasteiger partial charge is 0.393 e. The van der Waals surface area contributed by atoms with Crippen LogP contribution >= 0.6 is 11.3 Å². The summed E-state index contributed by atoms with van der Waals surface area (Å²) < 4.78 is 25.3. The first-order valence-corrected chi connectivity index (χ1v) is 8.68. The van der Waals surface area contributed by atoms with E-state index < -0.39 is 6.43 Å². The Bertz CT molecular complexity index is 712. The maximum atomic E-state index is 12.7. The van der Waals surface area contributed by atoms with E-state index in [2.05, 4.69) is 10.3 Å². The number of hydrogen-bond acceptors (Lipinski definition) is 4. The van der Waals surface area contributed by atoms with Gasteiger partial charge < -0.3 is 10.4 Å². The summed E-state index contributed by atoms with van der Waals surface area (Å²) in [4.78, 5) is 16.7. The molecule has 1 aromatic carbocycles. The van der Waals surface area contributed by atoms with Crippen molar-refractivity contribution in [2.75, 3.05) is 5.32 Å². The van der Waals surface area contributed by atoms with Crippen LogP contribution in [0.2, 0.25) is 0 Å². The topological polar surface area (TPSA) is 62.2 Å². The van der Waals surface area contributed by atoms with Gasteiger partial charge in [-0.1, -0.05) is 12.1 Å². The second-order valence-corrected chi connectivity index (χ2v) is 7.00. The van der Waals surface area contributed by atoms with Gasteiger partial charge >= 0.3 is 0 Å². The van der Waals surface area contributed by atoms with E-state index >= 15 is 0 Å². The molecule has 1 aliphatic carbocycles. The molecular weight excluding hydrogens is 334 g/mol. The first-order chi connectivity index (χ1) is 11.5. The van der Waals surface area contributed by atoms with Crippen LogP contribution in [-0.2, 0) is 4.79 Å². The van der Waals surface area contributed by atoms with Gasteiger partial charge in [-0.15, -0.1) is 11.3 Å². The van der Waals surface area contributed by atoms with E-state index in [1.807, 2.05) is 0 Å². The fourth-order valence-corrected chi connectivity index (χ4v) is 3.62. The van der Waals surface area contributed by atoms with Crippen LogP contribution in [0.5, 0.6) is 0 Å². The highest BCUT2D eigenvalue weighted by molar-refractivity contribution is 7.15. The Morgan fingerprint density at radius 2 is 2.04 bits per heavy atom. The van der Waals surface area contributed by atoms with Gasteiger partial charge in [0, 0.05) is 17.8 Å². The number of hydrogen-bond donors (Lipinski definition) is 2. The SMILES string of the molecule is O=C(Nc1cccc(-c2cnc(C(F)F)s2)c1)C1CCC(O)CC1. The number of amides is 1. The number of aliphatic hydroxyl groups is 1. The summed E-state index contributed by atoms with van der Waals surface area (Å²) in [6, 6.07) is 7.11. The van der Waals surface area contributed by atoms with Crippen LogP contribution in [0.25, 0.3) is 10.4 Å². The highest BCUT2D eigenvalue weighted by Crippen LogP contribution is 2.32. The quantitative estimate of drug-likeness (QED) is 0.865. The Morgan fingerprint density at radius 1 is 1.29 bits per heavy atom. The zero-order chi connectivity index (χ0) is 17.1. The molecule has 0 bridgehead atoms. The maximum absolute atomic E-state index is 12.7. The molecule has 2 aromatic rings. The normalized spacial score (nSPS) is 21.0. The summed E-state index contributed by atoms with van der Waals surface area (Å²) in [5, 5.41) is 12.2. The highest BCUT2D eigenvalue weighted by atomic mass is 32.1. The lowest BCUT2D eigenvalue weighted by molar-refractivity contribution is -0.121. The molecule has 0 atom stereocenters. The van der Waals surface area contributed by atoms with Crippen molar-refractivity contribution in [1.29, 1.82) is 0 Å². The van der Waals surface area contributed by atoms with Gasteiger partial charge in [0.1, 0.15) is 0 Å². The highest BCUT2D eigenvalue weighted by Gasteiger charge is 2.25. The standard InChI is InChI=1S/C17H18F2N2O2S/c18-15(19)17-20-9-14(24-17)11-2-1-3-12(8-11)21-16(23)10-4-6-13(22)7-5-10/h1-3,8-10,13,15,22H,4-7H2,(H,21,23). The van der Waals surface area contributed by atoms with Crippen molar-refractivity contribution in [3.05, 3.63) is 35.5 Å². The van der Waals surface area contributed by atoms with Crippen LogP contribution in [0.15, 0.2) is 30.5 Å². The molecule has 2 N–H and O–H groups in total. The Morgan fingerprint density at radius 3 is 2.71 bits per heavy atom. The van der Waals surface area contributed by atoms with Crippen molar-refractivity contribution in [1.82, 2.24) is 4.98 Å². The maximum Gasteiger partial charge on any atom is 0.289 e. The molecule has 1 heterocycles. The fraction of sp³-hybridized carbons (Fsp3) is 0.412. The number of alkyl halides is 2. The third-order valence-corrected chi connectivity index (χ3v) is 5.25. The van der Waals surface area contributed by atoms with Gasteiger partial charge in [0.25, 0.3) is 6.43 Å². The van der Waals surface area contributed by atoms with E-state index in [-0.39, 0.29) is 22.9 Å². The minimum absolute atomic E-state index is 0.0587. The van der Waals surface area contributed by atoms with Crippen LogP contribution in [0.3, 0.4) is 0 Å². The van der Waals surface area contributed by atoms with Crippen LogP contribution in [0.4, 0.5) is 14.5 Å². The third-order valence-electron chi connectivity index (χ3n) is 4.19. The molecule has 1 fully saturated rings. The molecule has 1 aromatic heterocycles. The van der Waals surface area contributed by atoms with Crippen LogP contribution in [-0.4, -0.2) is 22.1 Å². The molecule has 0 spiro atoms. The minimum Gasteiger partial charge on any atom is -0.393 e. The van der Waals surface area contributed by atoms with E-state index in [0.717, 1.165) is 16.9 Å². The molecule has 128 valence electrons. The van der Waals surface area contributed by atoms with Gasteiger partial charge in [0.2, 0.25) is 5.91 Å². The lowest BCUT2D eigenvalue weighted by Crippen LogP contribution is -2.28.